The van der Waals surface area contributed by atoms with Gasteiger partial charge in [-0.15, -0.1) is 0 Å². The van der Waals surface area contributed by atoms with Crippen LogP contribution in [0, 0.1) is 11.6 Å². The van der Waals surface area contributed by atoms with Crippen LogP contribution in [0.1, 0.15) is 22.5 Å². The predicted octanol–water partition coefficient (Wildman–Crippen LogP) is 2.54. The second-order valence-electron chi connectivity index (χ2n) is 4.30. The average molecular weight is 361 g/mol. The number of carboxylic acids is 1. The van der Waals surface area contributed by atoms with Crippen molar-refractivity contribution in [2.75, 3.05) is 6.61 Å². The first-order valence-electron chi connectivity index (χ1n) is 6.01. The van der Waals surface area contributed by atoms with Crippen molar-refractivity contribution in [3.05, 3.63) is 45.7 Å². The molecular weight excluding hydrogens is 350 g/mol. The van der Waals surface area contributed by atoms with Gasteiger partial charge in [0, 0.05) is 24.4 Å². The number of carboxylic acid groups (broad SMARTS) is 1. The van der Waals surface area contributed by atoms with E-state index in [4.69, 9.17) is 10.2 Å². The molecule has 0 aliphatic rings. The second-order valence-corrected chi connectivity index (χ2v) is 5.15. The van der Waals surface area contributed by atoms with E-state index in [0.717, 1.165) is 4.68 Å². The molecule has 8 heteroatoms. The Bertz CT molecular complexity index is 688. The standard InChI is InChI=1S/C13H11BrF2N2O3/c14-8-4-11(10(16)5-9(8)15)18-6-7(2-1-3-19)12(17-18)13(20)21/h4-6,19H,1-3H2,(H,20,21). The molecule has 1 aromatic heterocycles. The topological polar surface area (TPSA) is 75.3 Å². The molecule has 0 spiro atoms. The molecule has 0 amide bonds. The molecule has 0 saturated heterocycles. The highest BCUT2D eigenvalue weighted by atomic mass is 79.9. The Labute approximate surface area is 127 Å². The molecule has 2 N–H and O–H groups in total. The largest absolute Gasteiger partial charge is 0.476 e. The van der Waals surface area contributed by atoms with Gasteiger partial charge in [0.05, 0.1) is 4.47 Å². The number of aliphatic hydroxyl groups is 1. The molecule has 0 aliphatic carbocycles. The van der Waals surface area contributed by atoms with Crippen molar-refractivity contribution in [2.45, 2.75) is 12.8 Å². The fourth-order valence-corrected chi connectivity index (χ4v) is 2.18. The molecule has 5 nitrogen and oxygen atoms in total. The summed E-state index contributed by atoms with van der Waals surface area (Å²) >= 11 is 2.94. The summed E-state index contributed by atoms with van der Waals surface area (Å²) in [6.45, 7) is -0.0965. The summed E-state index contributed by atoms with van der Waals surface area (Å²) in [5.74, 6) is -2.87. The van der Waals surface area contributed by atoms with Crippen molar-refractivity contribution in [2.24, 2.45) is 0 Å². The minimum absolute atomic E-state index is 0.0446. The number of hydrogen-bond donors (Lipinski definition) is 2. The zero-order chi connectivity index (χ0) is 15.6. The maximum absolute atomic E-state index is 13.8. The lowest BCUT2D eigenvalue weighted by molar-refractivity contribution is 0.0688. The van der Waals surface area contributed by atoms with Gasteiger partial charge in [-0.05, 0) is 34.8 Å². The minimum Gasteiger partial charge on any atom is -0.476 e. The molecule has 0 unspecified atom stereocenters. The van der Waals surface area contributed by atoms with Gasteiger partial charge < -0.3 is 10.2 Å². The summed E-state index contributed by atoms with van der Waals surface area (Å²) in [4.78, 5) is 11.1. The van der Waals surface area contributed by atoms with Gasteiger partial charge in [0.15, 0.2) is 11.5 Å². The summed E-state index contributed by atoms with van der Waals surface area (Å²) < 4.78 is 28.1. The Morgan fingerprint density at radius 2 is 2.05 bits per heavy atom. The predicted molar refractivity (Wildman–Crippen MR) is 73.5 cm³/mol. The fraction of sp³-hybridized carbons (Fsp3) is 0.231. The Hall–Kier alpha value is -1.80. The smallest absolute Gasteiger partial charge is 0.356 e. The van der Waals surface area contributed by atoms with E-state index < -0.39 is 17.6 Å². The summed E-state index contributed by atoms with van der Waals surface area (Å²) in [6, 6.07) is 1.87. The van der Waals surface area contributed by atoms with Crippen LogP contribution in [0.3, 0.4) is 0 Å². The van der Waals surface area contributed by atoms with Gasteiger partial charge in [-0.25, -0.2) is 18.3 Å². The van der Waals surface area contributed by atoms with Crippen LogP contribution < -0.4 is 0 Å². The van der Waals surface area contributed by atoms with Gasteiger partial charge in [-0.1, -0.05) is 0 Å². The summed E-state index contributed by atoms with van der Waals surface area (Å²) in [5, 5.41) is 21.7. The third-order valence-electron chi connectivity index (χ3n) is 2.83. The molecule has 0 aliphatic heterocycles. The lowest BCUT2D eigenvalue weighted by Gasteiger charge is -2.04. The third-order valence-corrected chi connectivity index (χ3v) is 3.44. The Balaban J connectivity index is 2.49. The van der Waals surface area contributed by atoms with Crippen LogP contribution in [0.15, 0.2) is 22.8 Å². The number of hydrogen-bond acceptors (Lipinski definition) is 3. The summed E-state index contributed by atoms with van der Waals surface area (Å²) in [5.41, 5.74) is 0.0840. The van der Waals surface area contributed by atoms with Crippen molar-refractivity contribution in [1.29, 1.82) is 0 Å². The molecular formula is C13H11BrF2N2O3. The van der Waals surface area contributed by atoms with E-state index in [2.05, 4.69) is 21.0 Å². The van der Waals surface area contributed by atoms with Gasteiger partial charge in [-0.3, -0.25) is 0 Å². The van der Waals surface area contributed by atoms with Gasteiger partial charge in [-0.2, -0.15) is 5.10 Å². The fourth-order valence-electron chi connectivity index (χ4n) is 1.85. The molecule has 0 atom stereocenters. The Kier molecular flexibility index (Phi) is 4.69. The molecule has 0 fully saturated rings. The molecule has 112 valence electrons. The highest BCUT2D eigenvalue weighted by Crippen LogP contribution is 2.23. The third kappa shape index (κ3) is 3.27. The molecule has 2 aromatic rings. The van der Waals surface area contributed by atoms with Crippen LogP contribution in [0.25, 0.3) is 5.69 Å². The van der Waals surface area contributed by atoms with Crippen molar-refractivity contribution in [3.63, 3.8) is 0 Å². The maximum atomic E-state index is 13.8. The zero-order valence-corrected chi connectivity index (χ0v) is 12.3. The molecule has 0 radical (unpaired) electrons. The van der Waals surface area contributed by atoms with Crippen molar-refractivity contribution in [1.82, 2.24) is 9.78 Å². The van der Waals surface area contributed by atoms with Crippen LogP contribution in [0.2, 0.25) is 0 Å². The quantitative estimate of drug-likeness (QED) is 0.803. The Morgan fingerprint density at radius 1 is 1.33 bits per heavy atom. The van der Waals surface area contributed by atoms with Crippen LogP contribution in [-0.4, -0.2) is 32.6 Å². The summed E-state index contributed by atoms with van der Waals surface area (Å²) in [6.07, 6.45) is 2.02. The number of carbonyl (C=O) groups is 1. The maximum Gasteiger partial charge on any atom is 0.356 e. The SMILES string of the molecule is O=C(O)c1nn(-c2cc(Br)c(F)cc2F)cc1CCCO. The summed E-state index contributed by atoms with van der Waals surface area (Å²) in [7, 11) is 0. The van der Waals surface area contributed by atoms with Gasteiger partial charge in [0.25, 0.3) is 0 Å². The van der Waals surface area contributed by atoms with E-state index in [1.807, 2.05) is 0 Å². The van der Waals surface area contributed by atoms with E-state index in [1.54, 1.807) is 0 Å². The number of halogens is 3. The number of aliphatic hydroxyl groups excluding tert-OH is 1. The number of nitrogens with zero attached hydrogens (tertiary/aromatic N) is 2. The van der Waals surface area contributed by atoms with E-state index >= 15 is 0 Å². The van der Waals surface area contributed by atoms with Crippen LogP contribution in [0.4, 0.5) is 8.78 Å². The lowest BCUT2D eigenvalue weighted by Crippen LogP contribution is -2.04. The number of aromatic carboxylic acids is 1. The van der Waals surface area contributed by atoms with Crippen molar-refractivity contribution < 1.29 is 23.8 Å². The van der Waals surface area contributed by atoms with Crippen LogP contribution in [0.5, 0.6) is 0 Å². The van der Waals surface area contributed by atoms with E-state index in [1.165, 1.54) is 12.3 Å². The highest BCUT2D eigenvalue weighted by Gasteiger charge is 2.18. The second kappa shape index (κ2) is 6.31. The number of aryl methyl sites for hydroxylation is 1. The van der Waals surface area contributed by atoms with E-state index in [-0.39, 0.29) is 22.5 Å². The van der Waals surface area contributed by atoms with Crippen LogP contribution in [-0.2, 0) is 6.42 Å². The molecule has 1 aromatic carbocycles. The van der Waals surface area contributed by atoms with Crippen LogP contribution >= 0.6 is 15.9 Å². The number of aromatic nitrogens is 2. The molecule has 0 saturated carbocycles. The first-order valence-corrected chi connectivity index (χ1v) is 6.81. The number of rotatable bonds is 5. The monoisotopic (exact) mass is 360 g/mol. The molecule has 2 rings (SSSR count). The first-order chi connectivity index (χ1) is 9.93. The van der Waals surface area contributed by atoms with Crippen molar-refractivity contribution in [3.8, 4) is 5.69 Å². The van der Waals surface area contributed by atoms with Gasteiger partial charge in [0.2, 0.25) is 0 Å². The highest BCUT2D eigenvalue weighted by molar-refractivity contribution is 9.10. The molecule has 0 bridgehead atoms. The number of benzene rings is 1. The lowest BCUT2D eigenvalue weighted by atomic mass is 10.1. The van der Waals surface area contributed by atoms with Gasteiger partial charge >= 0.3 is 5.97 Å². The van der Waals surface area contributed by atoms with Crippen molar-refractivity contribution >= 4 is 21.9 Å². The normalized spacial score (nSPS) is 10.9. The molecule has 1 heterocycles. The van der Waals surface area contributed by atoms with E-state index in [0.29, 0.717) is 24.5 Å². The average Bonchev–Trinajstić information content (AvgIpc) is 2.84. The van der Waals surface area contributed by atoms with Gasteiger partial charge in [0.1, 0.15) is 11.5 Å². The molecule has 21 heavy (non-hydrogen) atoms. The van der Waals surface area contributed by atoms with E-state index in [9.17, 15) is 13.6 Å². The zero-order valence-electron chi connectivity index (χ0n) is 10.7. The first kappa shape index (κ1) is 15.6. The minimum atomic E-state index is -1.25. The Morgan fingerprint density at radius 3 is 2.67 bits per heavy atom.